The van der Waals surface area contributed by atoms with Gasteiger partial charge in [-0.05, 0) is 49.9 Å². The van der Waals surface area contributed by atoms with Gasteiger partial charge in [0.25, 0.3) is 5.91 Å². The first-order valence-corrected chi connectivity index (χ1v) is 13.5. The Bertz CT molecular complexity index is 1470. The van der Waals surface area contributed by atoms with Crippen LogP contribution in [-0.4, -0.2) is 43.4 Å². The molecule has 216 valence electrons. The molecule has 0 saturated heterocycles. The summed E-state index contributed by atoms with van der Waals surface area (Å²) in [6.07, 6.45) is -1.21. The van der Waals surface area contributed by atoms with Crippen molar-refractivity contribution in [2.75, 3.05) is 5.32 Å². The van der Waals surface area contributed by atoms with Crippen LogP contribution in [0, 0.1) is 0 Å². The van der Waals surface area contributed by atoms with Gasteiger partial charge in [0.1, 0.15) is 10.8 Å². The third kappa shape index (κ3) is 9.10. The number of aromatic nitrogens is 5. The van der Waals surface area contributed by atoms with Gasteiger partial charge in [0, 0.05) is 13.0 Å². The number of benzene rings is 2. The maximum atomic E-state index is 12.7. The zero-order valence-corrected chi connectivity index (χ0v) is 23.1. The Morgan fingerprint density at radius 1 is 1.00 bits per heavy atom. The quantitative estimate of drug-likeness (QED) is 0.226. The number of rotatable bonds is 12. The van der Waals surface area contributed by atoms with Crippen LogP contribution < -0.4 is 15.4 Å². The number of carbonyl (C=O) groups is 2. The van der Waals surface area contributed by atoms with Gasteiger partial charge in [-0.25, -0.2) is 0 Å². The number of hydrogen-bond acceptors (Lipinski definition) is 8. The number of aryl methyl sites for hydroxylation is 2. The largest absolute Gasteiger partial charge is 0.573 e. The third-order valence-electron chi connectivity index (χ3n) is 5.93. The van der Waals surface area contributed by atoms with E-state index in [2.05, 4.69) is 35.9 Å². The van der Waals surface area contributed by atoms with Gasteiger partial charge in [-0.3, -0.25) is 14.3 Å². The molecule has 2 aromatic carbocycles. The Morgan fingerprint density at radius 2 is 1.78 bits per heavy atom. The highest BCUT2D eigenvalue weighted by atomic mass is 32.1. The molecule has 2 N–H and O–H groups in total. The topological polar surface area (TPSA) is 124 Å². The summed E-state index contributed by atoms with van der Waals surface area (Å²) >= 11 is 1.23. The van der Waals surface area contributed by atoms with Gasteiger partial charge in [0.05, 0.1) is 18.2 Å². The molecule has 14 heteroatoms. The molecule has 4 rings (SSSR count). The van der Waals surface area contributed by atoms with Crippen molar-refractivity contribution in [3.63, 3.8) is 0 Å². The van der Waals surface area contributed by atoms with Crippen LogP contribution in [0.4, 0.5) is 18.3 Å². The number of nitrogens with one attached hydrogen (secondary N) is 2. The molecule has 0 spiro atoms. The predicted octanol–water partition coefficient (Wildman–Crippen LogP) is 4.90. The second kappa shape index (κ2) is 12.9. The van der Waals surface area contributed by atoms with E-state index in [1.165, 1.54) is 23.5 Å². The zero-order chi connectivity index (χ0) is 29.5. The minimum absolute atomic E-state index is 0.147. The van der Waals surface area contributed by atoms with Gasteiger partial charge in [-0.15, -0.1) is 28.5 Å². The SMILES string of the molecule is CC(C)(NC(=O)c1cn(CCCCc2nnc(NC(=O)Cc3cccc(OC(F)(F)F)c3)s2)nn1)c1ccccc1. The molecule has 0 unspecified atom stereocenters. The molecular weight excluding hydrogens is 559 g/mol. The number of hydrogen-bond donors (Lipinski definition) is 2. The van der Waals surface area contributed by atoms with E-state index in [1.807, 2.05) is 44.2 Å². The highest BCUT2D eigenvalue weighted by molar-refractivity contribution is 7.15. The summed E-state index contributed by atoms with van der Waals surface area (Å²) in [5.41, 5.74) is 1.00. The van der Waals surface area contributed by atoms with E-state index in [-0.39, 0.29) is 18.0 Å². The van der Waals surface area contributed by atoms with Crippen molar-refractivity contribution in [2.24, 2.45) is 0 Å². The summed E-state index contributed by atoms with van der Waals surface area (Å²) in [4.78, 5) is 25.0. The van der Waals surface area contributed by atoms with Crippen molar-refractivity contribution in [1.29, 1.82) is 0 Å². The first-order valence-electron chi connectivity index (χ1n) is 12.7. The normalized spacial score (nSPS) is 11.7. The summed E-state index contributed by atoms with van der Waals surface area (Å²) in [5, 5.41) is 22.7. The van der Waals surface area contributed by atoms with Gasteiger partial charge in [-0.2, -0.15) is 0 Å². The lowest BCUT2D eigenvalue weighted by molar-refractivity contribution is -0.274. The van der Waals surface area contributed by atoms with Crippen LogP contribution in [0.1, 0.15) is 53.3 Å². The first kappa shape index (κ1) is 29.6. The lowest BCUT2D eigenvalue weighted by Gasteiger charge is -2.26. The molecule has 10 nitrogen and oxygen atoms in total. The molecule has 0 aliphatic carbocycles. The Labute approximate surface area is 237 Å². The highest BCUT2D eigenvalue weighted by Gasteiger charge is 2.31. The summed E-state index contributed by atoms with van der Waals surface area (Å²) < 4.78 is 42.7. The van der Waals surface area contributed by atoms with E-state index in [1.54, 1.807) is 10.9 Å². The monoisotopic (exact) mass is 587 g/mol. The van der Waals surface area contributed by atoms with Crippen LogP contribution in [0.2, 0.25) is 0 Å². The molecule has 0 radical (unpaired) electrons. The van der Waals surface area contributed by atoms with E-state index in [0.717, 1.165) is 35.5 Å². The molecule has 4 aromatic rings. The molecule has 0 saturated carbocycles. The molecule has 2 amide bonds. The van der Waals surface area contributed by atoms with Crippen molar-refractivity contribution < 1.29 is 27.5 Å². The number of anilines is 1. The van der Waals surface area contributed by atoms with Crippen LogP contribution in [0.5, 0.6) is 5.75 Å². The number of amides is 2. The van der Waals surface area contributed by atoms with Gasteiger partial charge < -0.3 is 15.4 Å². The van der Waals surface area contributed by atoms with Crippen molar-refractivity contribution in [2.45, 2.75) is 58.0 Å². The fourth-order valence-corrected chi connectivity index (χ4v) is 4.74. The molecule has 0 fully saturated rings. The highest BCUT2D eigenvalue weighted by Crippen LogP contribution is 2.24. The molecule has 0 atom stereocenters. The number of unbranched alkanes of at least 4 members (excludes halogenated alkanes) is 1. The maximum absolute atomic E-state index is 12.7. The van der Waals surface area contributed by atoms with Crippen LogP contribution >= 0.6 is 11.3 Å². The van der Waals surface area contributed by atoms with E-state index < -0.39 is 23.6 Å². The molecule has 2 aromatic heterocycles. The average Bonchev–Trinajstić information content (AvgIpc) is 3.56. The number of carbonyl (C=O) groups excluding carboxylic acids is 2. The second-order valence-corrected chi connectivity index (χ2v) is 10.8. The minimum atomic E-state index is -4.81. The fourth-order valence-electron chi connectivity index (χ4n) is 3.94. The number of nitrogens with zero attached hydrogens (tertiary/aromatic N) is 5. The smallest absolute Gasteiger partial charge is 0.406 e. The fraction of sp³-hybridized carbons (Fsp3) is 0.333. The minimum Gasteiger partial charge on any atom is -0.406 e. The van der Waals surface area contributed by atoms with E-state index in [0.29, 0.717) is 23.7 Å². The molecule has 2 heterocycles. The average molecular weight is 588 g/mol. The number of ether oxygens (including phenoxy) is 1. The zero-order valence-electron chi connectivity index (χ0n) is 22.3. The molecule has 0 aliphatic rings. The van der Waals surface area contributed by atoms with Crippen molar-refractivity contribution >= 4 is 28.3 Å². The maximum Gasteiger partial charge on any atom is 0.573 e. The van der Waals surface area contributed by atoms with E-state index in [4.69, 9.17) is 0 Å². The van der Waals surface area contributed by atoms with Gasteiger partial charge >= 0.3 is 6.36 Å². The van der Waals surface area contributed by atoms with E-state index >= 15 is 0 Å². The number of halogens is 3. The Kier molecular flexibility index (Phi) is 9.32. The summed E-state index contributed by atoms with van der Waals surface area (Å²) in [6, 6.07) is 14.9. The van der Waals surface area contributed by atoms with Crippen LogP contribution in [0.15, 0.2) is 60.8 Å². The Morgan fingerprint density at radius 3 is 2.54 bits per heavy atom. The first-order chi connectivity index (χ1) is 19.5. The molecular formula is C27H28F3N7O3S. The summed E-state index contributed by atoms with van der Waals surface area (Å²) in [6.45, 7) is 4.40. The Balaban J connectivity index is 1.19. The van der Waals surface area contributed by atoms with Gasteiger partial charge in [0.2, 0.25) is 11.0 Å². The lowest BCUT2D eigenvalue weighted by atomic mass is 9.94. The van der Waals surface area contributed by atoms with Gasteiger partial charge in [-0.1, -0.05) is 59.0 Å². The standard InChI is InChI=1S/C27H28F3N7O3S/c1-26(2,19-10-4-3-5-11-19)32-24(39)21-17-37(36-33-21)14-7-6-13-23-34-35-25(41-23)31-22(38)16-18-9-8-12-20(15-18)40-27(28,29)30/h3-5,8-12,15,17H,6-7,13-14,16H2,1-2H3,(H,32,39)(H,31,35,38). The van der Waals surface area contributed by atoms with Gasteiger partial charge in [0.15, 0.2) is 5.69 Å². The predicted molar refractivity (Wildman–Crippen MR) is 145 cm³/mol. The van der Waals surface area contributed by atoms with Crippen molar-refractivity contribution in [3.8, 4) is 5.75 Å². The molecule has 0 aliphatic heterocycles. The van der Waals surface area contributed by atoms with Crippen LogP contribution in [0.3, 0.4) is 0 Å². The van der Waals surface area contributed by atoms with Crippen molar-refractivity contribution in [1.82, 2.24) is 30.5 Å². The Hall–Kier alpha value is -4.33. The summed E-state index contributed by atoms with van der Waals surface area (Å²) in [5.74, 6) is -1.13. The third-order valence-corrected chi connectivity index (χ3v) is 6.83. The number of alkyl halides is 3. The lowest BCUT2D eigenvalue weighted by Crippen LogP contribution is -2.41. The van der Waals surface area contributed by atoms with Crippen molar-refractivity contribution in [3.05, 3.63) is 82.6 Å². The van der Waals surface area contributed by atoms with Crippen LogP contribution in [0.25, 0.3) is 0 Å². The summed E-state index contributed by atoms with van der Waals surface area (Å²) in [7, 11) is 0. The van der Waals surface area contributed by atoms with E-state index in [9.17, 15) is 22.8 Å². The van der Waals surface area contributed by atoms with Crippen LogP contribution in [-0.2, 0) is 29.7 Å². The second-order valence-electron chi connectivity index (χ2n) is 9.69. The molecule has 41 heavy (non-hydrogen) atoms. The molecule has 0 bridgehead atoms.